The van der Waals surface area contributed by atoms with Crippen molar-refractivity contribution in [3.63, 3.8) is 0 Å². The monoisotopic (exact) mass is 262 g/mol. The van der Waals surface area contributed by atoms with Gasteiger partial charge in [-0.1, -0.05) is 6.07 Å². The number of carbonyl (C=O) groups excluding carboxylic acids is 2. The number of nitrogen functional groups attached to an aromatic ring is 1. The third kappa shape index (κ3) is 2.33. The Morgan fingerprint density at radius 3 is 2.53 bits per heavy atom. The molecule has 1 aromatic rings. The van der Waals surface area contributed by atoms with Gasteiger partial charge in [0.25, 0.3) is 11.8 Å². The number of methoxy groups -OCH3 is 1. The number of benzene rings is 1. The highest BCUT2D eigenvalue weighted by molar-refractivity contribution is 6.23. The largest absolute Gasteiger partial charge is 0.398 e. The summed E-state index contributed by atoms with van der Waals surface area (Å²) >= 11 is 0. The molecule has 1 heterocycles. The molecule has 2 amide bonds. The number of carbonyl (C=O) groups is 2. The normalized spacial score (nSPS) is 15.0. The van der Waals surface area contributed by atoms with Gasteiger partial charge in [-0.05, 0) is 32.4 Å². The Bertz CT molecular complexity index is 537. The number of nitrogens with zero attached hydrogens (tertiary/aromatic N) is 1. The van der Waals surface area contributed by atoms with Gasteiger partial charge in [-0.2, -0.15) is 0 Å². The maximum Gasteiger partial charge on any atom is 0.263 e. The van der Waals surface area contributed by atoms with Crippen LogP contribution in [0.25, 0.3) is 0 Å². The molecule has 0 fully saturated rings. The Kier molecular flexibility index (Phi) is 3.32. The minimum Gasteiger partial charge on any atom is -0.398 e. The van der Waals surface area contributed by atoms with Gasteiger partial charge in [-0.25, -0.2) is 0 Å². The molecule has 1 aromatic carbocycles. The van der Waals surface area contributed by atoms with E-state index in [1.54, 1.807) is 25.3 Å². The van der Waals surface area contributed by atoms with Crippen molar-refractivity contribution in [3.05, 3.63) is 29.3 Å². The number of anilines is 1. The molecule has 0 aliphatic carbocycles. The zero-order chi connectivity index (χ0) is 14.2. The standard InChI is InChI=1S/C14H18N2O3/c1-14(2,19-3)7-8-16-12(17)9-5-4-6-10(15)11(9)13(16)18/h4-6H,7-8,15H2,1-3H3. The molecule has 0 bridgehead atoms. The summed E-state index contributed by atoms with van der Waals surface area (Å²) in [5.74, 6) is -0.593. The molecule has 0 aromatic heterocycles. The first-order chi connectivity index (χ1) is 8.87. The van der Waals surface area contributed by atoms with Crippen molar-refractivity contribution in [1.82, 2.24) is 4.90 Å². The van der Waals surface area contributed by atoms with E-state index in [0.717, 1.165) is 0 Å². The molecular formula is C14H18N2O3. The number of ether oxygens (including phenoxy) is 1. The van der Waals surface area contributed by atoms with Gasteiger partial charge in [-0.15, -0.1) is 0 Å². The second-order valence-corrected chi connectivity index (χ2v) is 5.25. The number of hydrogen-bond donors (Lipinski definition) is 1. The van der Waals surface area contributed by atoms with Crippen LogP contribution in [0.3, 0.4) is 0 Å². The number of amides is 2. The topological polar surface area (TPSA) is 72.6 Å². The summed E-state index contributed by atoms with van der Waals surface area (Å²) in [6.07, 6.45) is 0.578. The summed E-state index contributed by atoms with van der Waals surface area (Å²) in [6, 6.07) is 4.95. The number of hydrogen-bond acceptors (Lipinski definition) is 4. The fourth-order valence-corrected chi connectivity index (χ4v) is 2.05. The summed E-state index contributed by atoms with van der Waals surface area (Å²) < 4.78 is 5.29. The fourth-order valence-electron chi connectivity index (χ4n) is 2.05. The van der Waals surface area contributed by atoms with Crippen LogP contribution in [0.15, 0.2) is 18.2 Å². The smallest absolute Gasteiger partial charge is 0.263 e. The number of rotatable bonds is 4. The summed E-state index contributed by atoms with van der Waals surface area (Å²) in [5.41, 5.74) is 6.46. The molecule has 19 heavy (non-hydrogen) atoms. The van der Waals surface area contributed by atoms with E-state index in [1.807, 2.05) is 13.8 Å². The zero-order valence-corrected chi connectivity index (χ0v) is 11.4. The molecule has 0 saturated carbocycles. The molecule has 2 N–H and O–H groups in total. The Hall–Kier alpha value is -1.88. The van der Waals surface area contributed by atoms with Gasteiger partial charge < -0.3 is 10.5 Å². The molecule has 0 spiro atoms. The van der Waals surface area contributed by atoms with E-state index in [4.69, 9.17) is 10.5 Å². The van der Waals surface area contributed by atoms with Crippen LogP contribution in [0, 0.1) is 0 Å². The van der Waals surface area contributed by atoms with E-state index in [0.29, 0.717) is 29.8 Å². The SMILES string of the molecule is COC(C)(C)CCN1C(=O)c2cccc(N)c2C1=O. The van der Waals surface area contributed by atoms with E-state index >= 15 is 0 Å². The van der Waals surface area contributed by atoms with Crippen molar-refractivity contribution in [2.45, 2.75) is 25.9 Å². The third-order valence-electron chi connectivity index (χ3n) is 3.52. The van der Waals surface area contributed by atoms with Crippen molar-refractivity contribution in [2.24, 2.45) is 0 Å². The van der Waals surface area contributed by atoms with E-state index in [-0.39, 0.29) is 17.4 Å². The maximum absolute atomic E-state index is 12.2. The summed E-state index contributed by atoms with van der Waals surface area (Å²) in [5, 5.41) is 0. The van der Waals surface area contributed by atoms with Crippen molar-refractivity contribution >= 4 is 17.5 Å². The van der Waals surface area contributed by atoms with Crippen molar-refractivity contribution < 1.29 is 14.3 Å². The quantitative estimate of drug-likeness (QED) is 0.662. The second-order valence-electron chi connectivity index (χ2n) is 5.25. The van der Waals surface area contributed by atoms with Gasteiger partial charge in [0, 0.05) is 19.3 Å². The first-order valence-corrected chi connectivity index (χ1v) is 6.17. The van der Waals surface area contributed by atoms with Crippen LogP contribution in [0.1, 0.15) is 41.0 Å². The first kappa shape index (κ1) is 13.5. The van der Waals surface area contributed by atoms with Gasteiger partial charge in [0.1, 0.15) is 0 Å². The summed E-state index contributed by atoms with van der Waals surface area (Å²) in [7, 11) is 1.61. The molecule has 0 saturated heterocycles. The molecule has 2 rings (SSSR count). The molecule has 0 atom stereocenters. The first-order valence-electron chi connectivity index (χ1n) is 6.17. The Morgan fingerprint density at radius 1 is 1.26 bits per heavy atom. The minimum atomic E-state index is -0.374. The van der Waals surface area contributed by atoms with E-state index in [1.165, 1.54) is 4.90 Å². The Balaban J connectivity index is 2.22. The number of nitrogens with two attached hydrogens (primary N) is 1. The highest BCUT2D eigenvalue weighted by Crippen LogP contribution is 2.28. The molecule has 5 heteroatoms. The lowest BCUT2D eigenvalue weighted by Gasteiger charge is -2.25. The highest BCUT2D eigenvalue weighted by Gasteiger charge is 2.37. The van der Waals surface area contributed by atoms with Gasteiger partial charge >= 0.3 is 0 Å². The zero-order valence-electron chi connectivity index (χ0n) is 11.4. The summed E-state index contributed by atoms with van der Waals surface area (Å²) in [4.78, 5) is 25.6. The minimum absolute atomic E-state index is 0.279. The van der Waals surface area contributed by atoms with Crippen LogP contribution >= 0.6 is 0 Å². The predicted octanol–water partition coefficient (Wildman–Crippen LogP) is 1.68. The lowest BCUT2D eigenvalue weighted by atomic mass is 10.1. The second kappa shape index (κ2) is 4.66. The third-order valence-corrected chi connectivity index (χ3v) is 3.52. The van der Waals surface area contributed by atoms with Gasteiger partial charge in [-0.3, -0.25) is 14.5 Å². The van der Waals surface area contributed by atoms with Gasteiger partial charge in [0.15, 0.2) is 0 Å². The highest BCUT2D eigenvalue weighted by atomic mass is 16.5. The molecule has 102 valence electrons. The van der Waals surface area contributed by atoms with Crippen molar-refractivity contribution in [3.8, 4) is 0 Å². The average Bonchev–Trinajstić information content (AvgIpc) is 2.61. The van der Waals surface area contributed by atoms with Crippen molar-refractivity contribution in [2.75, 3.05) is 19.4 Å². The molecule has 0 radical (unpaired) electrons. The van der Waals surface area contributed by atoms with Crippen LogP contribution < -0.4 is 5.73 Å². The molecule has 1 aliphatic heterocycles. The van der Waals surface area contributed by atoms with Crippen LogP contribution in [0.5, 0.6) is 0 Å². The van der Waals surface area contributed by atoms with Gasteiger partial charge in [0.2, 0.25) is 0 Å². The Morgan fingerprint density at radius 2 is 1.95 bits per heavy atom. The molecule has 0 unspecified atom stereocenters. The molecule has 1 aliphatic rings. The van der Waals surface area contributed by atoms with Crippen molar-refractivity contribution in [1.29, 1.82) is 0 Å². The van der Waals surface area contributed by atoms with E-state index in [2.05, 4.69) is 0 Å². The van der Waals surface area contributed by atoms with E-state index < -0.39 is 0 Å². The maximum atomic E-state index is 12.2. The van der Waals surface area contributed by atoms with E-state index in [9.17, 15) is 9.59 Å². The van der Waals surface area contributed by atoms with Crippen LogP contribution in [-0.4, -0.2) is 36.0 Å². The fraction of sp³-hybridized carbons (Fsp3) is 0.429. The summed E-state index contributed by atoms with van der Waals surface area (Å²) in [6.45, 7) is 4.16. The predicted molar refractivity (Wildman–Crippen MR) is 71.9 cm³/mol. The van der Waals surface area contributed by atoms with Crippen LogP contribution in [-0.2, 0) is 4.74 Å². The van der Waals surface area contributed by atoms with Gasteiger partial charge in [0.05, 0.1) is 16.7 Å². The average molecular weight is 262 g/mol. The molecule has 5 nitrogen and oxygen atoms in total. The number of fused-ring (bicyclic) bond motifs is 1. The Labute approximate surface area is 112 Å². The van der Waals surface area contributed by atoms with Crippen LogP contribution in [0.4, 0.5) is 5.69 Å². The lowest BCUT2D eigenvalue weighted by Crippen LogP contribution is -2.35. The molecular weight excluding hydrogens is 244 g/mol. The number of imide groups is 1. The van der Waals surface area contributed by atoms with Crippen LogP contribution in [0.2, 0.25) is 0 Å². The lowest BCUT2D eigenvalue weighted by molar-refractivity contribution is 0.00912.